The number of aliphatic hydroxyl groups excluding tert-OH is 1. The fourth-order valence-electron chi connectivity index (χ4n) is 1.67. The van der Waals surface area contributed by atoms with Gasteiger partial charge < -0.3 is 10.4 Å². The summed E-state index contributed by atoms with van der Waals surface area (Å²) in [5.74, 6) is 0. The first-order chi connectivity index (χ1) is 7.95. The van der Waals surface area contributed by atoms with Gasteiger partial charge in [-0.25, -0.2) is 0 Å². The molecule has 1 unspecified atom stereocenters. The zero-order valence-corrected chi connectivity index (χ0v) is 10.3. The van der Waals surface area contributed by atoms with Crippen LogP contribution in [0, 0.1) is 17.0 Å². The predicted molar refractivity (Wildman–Crippen MR) is 65.9 cm³/mol. The highest BCUT2D eigenvalue weighted by molar-refractivity contribution is 5.43. The van der Waals surface area contributed by atoms with E-state index >= 15 is 0 Å². The highest BCUT2D eigenvalue weighted by Crippen LogP contribution is 2.23. The van der Waals surface area contributed by atoms with Crippen LogP contribution in [0.1, 0.15) is 31.0 Å². The molecule has 2 atom stereocenters. The first-order valence-electron chi connectivity index (χ1n) is 5.57. The lowest BCUT2D eigenvalue weighted by atomic mass is 10.0. The summed E-state index contributed by atoms with van der Waals surface area (Å²) in [4.78, 5) is 10.4. The number of aliphatic hydroxyl groups is 1. The molecule has 0 heterocycles. The van der Waals surface area contributed by atoms with Gasteiger partial charge >= 0.3 is 0 Å². The summed E-state index contributed by atoms with van der Waals surface area (Å²) in [5.41, 5.74) is 1.64. The van der Waals surface area contributed by atoms with Gasteiger partial charge in [0.25, 0.3) is 5.69 Å². The van der Waals surface area contributed by atoms with Crippen molar-refractivity contribution in [3.63, 3.8) is 0 Å². The monoisotopic (exact) mass is 238 g/mol. The Morgan fingerprint density at radius 2 is 2.12 bits per heavy atom. The van der Waals surface area contributed by atoms with Crippen molar-refractivity contribution in [3.05, 3.63) is 39.4 Å². The molecular formula is C12H18N2O3. The van der Waals surface area contributed by atoms with Gasteiger partial charge in [0.1, 0.15) is 0 Å². The molecule has 0 radical (unpaired) electrons. The van der Waals surface area contributed by atoms with Crippen molar-refractivity contribution in [3.8, 4) is 0 Å². The van der Waals surface area contributed by atoms with Crippen molar-refractivity contribution >= 4 is 5.69 Å². The van der Waals surface area contributed by atoms with Gasteiger partial charge in [-0.2, -0.15) is 0 Å². The molecule has 17 heavy (non-hydrogen) atoms. The van der Waals surface area contributed by atoms with Gasteiger partial charge in [-0.1, -0.05) is 12.1 Å². The summed E-state index contributed by atoms with van der Waals surface area (Å²) >= 11 is 0. The smallest absolute Gasteiger partial charge is 0.272 e. The van der Waals surface area contributed by atoms with E-state index in [0.29, 0.717) is 5.56 Å². The minimum atomic E-state index is -0.374. The molecule has 1 aromatic carbocycles. The number of rotatable bonds is 5. The molecule has 0 saturated carbocycles. The Kier molecular flexibility index (Phi) is 4.60. The molecule has 0 aromatic heterocycles. The maximum atomic E-state index is 10.8. The van der Waals surface area contributed by atoms with Crippen LogP contribution in [0.25, 0.3) is 0 Å². The summed E-state index contributed by atoms with van der Waals surface area (Å²) in [6, 6.07) is 5.12. The number of hydrogen-bond acceptors (Lipinski definition) is 4. The van der Waals surface area contributed by atoms with Crippen LogP contribution in [0.3, 0.4) is 0 Å². The van der Waals surface area contributed by atoms with Gasteiger partial charge in [0.15, 0.2) is 0 Å². The minimum absolute atomic E-state index is 0.0311. The number of nitro groups is 1. The van der Waals surface area contributed by atoms with E-state index < -0.39 is 0 Å². The van der Waals surface area contributed by atoms with E-state index in [9.17, 15) is 10.1 Å². The number of aryl methyl sites for hydroxylation is 1. The van der Waals surface area contributed by atoms with E-state index in [2.05, 4.69) is 5.32 Å². The lowest BCUT2D eigenvalue weighted by Gasteiger charge is -2.18. The second-order valence-corrected chi connectivity index (χ2v) is 4.28. The number of benzene rings is 1. The number of nitro benzene ring substituents is 1. The third kappa shape index (κ3) is 3.51. The van der Waals surface area contributed by atoms with Gasteiger partial charge in [-0.3, -0.25) is 10.1 Å². The van der Waals surface area contributed by atoms with E-state index in [1.165, 1.54) is 0 Å². The number of nitrogens with one attached hydrogen (secondary N) is 1. The van der Waals surface area contributed by atoms with Crippen LogP contribution in [0.4, 0.5) is 5.69 Å². The lowest BCUT2D eigenvalue weighted by molar-refractivity contribution is -0.385. The molecule has 0 fully saturated rings. The Morgan fingerprint density at radius 3 is 2.65 bits per heavy atom. The normalized spacial score (nSPS) is 14.4. The van der Waals surface area contributed by atoms with Crippen molar-refractivity contribution in [2.45, 2.75) is 32.9 Å². The van der Waals surface area contributed by atoms with E-state index in [4.69, 9.17) is 5.11 Å². The Bertz CT molecular complexity index is 407. The van der Waals surface area contributed by atoms with Crippen LogP contribution in [0.5, 0.6) is 0 Å². The van der Waals surface area contributed by atoms with Gasteiger partial charge in [0.05, 0.1) is 11.5 Å². The highest BCUT2D eigenvalue weighted by Gasteiger charge is 2.15. The summed E-state index contributed by atoms with van der Waals surface area (Å²) in [7, 11) is 0. The first-order valence-corrected chi connectivity index (χ1v) is 5.57. The van der Waals surface area contributed by atoms with Gasteiger partial charge in [0.2, 0.25) is 0 Å². The van der Waals surface area contributed by atoms with Crippen LogP contribution >= 0.6 is 0 Å². The van der Waals surface area contributed by atoms with Crippen molar-refractivity contribution in [2.75, 3.05) is 6.61 Å². The second-order valence-electron chi connectivity index (χ2n) is 4.28. The molecule has 0 aliphatic heterocycles. The molecule has 0 saturated heterocycles. The van der Waals surface area contributed by atoms with Crippen molar-refractivity contribution in [1.29, 1.82) is 0 Å². The average molecular weight is 238 g/mol. The Labute approximate surface area is 101 Å². The molecule has 0 bridgehead atoms. The Hall–Kier alpha value is -1.46. The quantitative estimate of drug-likeness (QED) is 0.607. The SMILES string of the molecule is Cc1ccc(C(C)N[C@H](C)CO)cc1[N+](=O)[O-]. The van der Waals surface area contributed by atoms with E-state index in [0.717, 1.165) is 5.56 Å². The number of hydrogen-bond donors (Lipinski definition) is 2. The first kappa shape index (κ1) is 13.6. The van der Waals surface area contributed by atoms with E-state index in [-0.39, 0.29) is 29.3 Å². The fraction of sp³-hybridized carbons (Fsp3) is 0.500. The van der Waals surface area contributed by atoms with Gasteiger partial charge in [0, 0.05) is 23.7 Å². The fourth-order valence-corrected chi connectivity index (χ4v) is 1.67. The molecule has 1 rings (SSSR count). The van der Waals surface area contributed by atoms with Crippen LogP contribution in [0.2, 0.25) is 0 Å². The summed E-state index contributed by atoms with van der Waals surface area (Å²) in [6.45, 7) is 5.54. The van der Waals surface area contributed by atoms with Crippen molar-refractivity contribution < 1.29 is 10.0 Å². The average Bonchev–Trinajstić information content (AvgIpc) is 2.28. The third-order valence-corrected chi connectivity index (χ3v) is 2.74. The van der Waals surface area contributed by atoms with Crippen LogP contribution in [0.15, 0.2) is 18.2 Å². The molecule has 94 valence electrons. The maximum Gasteiger partial charge on any atom is 0.272 e. The zero-order valence-electron chi connectivity index (χ0n) is 10.3. The van der Waals surface area contributed by atoms with Gasteiger partial charge in [-0.15, -0.1) is 0 Å². The van der Waals surface area contributed by atoms with E-state index in [1.54, 1.807) is 19.1 Å². The molecule has 0 amide bonds. The topological polar surface area (TPSA) is 75.4 Å². The third-order valence-electron chi connectivity index (χ3n) is 2.74. The largest absolute Gasteiger partial charge is 0.395 e. The molecule has 1 aromatic rings. The predicted octanol–water partition coefficient (Wildman–Crippen LogP) is 1.93. The van der Waals surface area contributed by atoms with Crippen LogP contribution < -0.4 is 5.32 Å². The molecule has 0 spiro atoms. The highest BCUT2D eigenvalue weighted by atomic mass is 16.6. The molecule has 5 nitrogen and oxygen atoms in total. The van der Waals surface area contributed by atoms with Crippen LogP contribution in [-0.4, -0.2) is 22.7 Å². The van der Waals surface area contributed by atoms with Crippen molar-refractivity contribution in [2.24, 2.45) is 0 Å². The van der Waals surface area contributed by atoms with Gasteiger partial charge in [-0.05, 0) is 26.3 Å². The minimum Gasteiger partial charge on any atom is -0.395 e. The van der Waals surface area contributed by atoms with E-state index in [1.807, 2.05) is 19.9 Å². The lowest BCUT2D eigenvalue weighted by Crippen LogP contribution is -2.31. The number of nitrogens with zero attached hydrogens (tertiary/aromatic N) is 1. The summed E-state index contributed by atoms with van der Waals surface area (Å²) < 4.78 is 0. The van der Waals surface area contributed by atoms with Crippen molar-refractivity contribution in [1.82, 2.24) is 5.32 Å². The zero-order chi connectivity index (χ0) is 13.0. The molecule has 2 N–H and O–H groups in total. The Balaban J connectivity index is 2.91. The molecule has 5 heteroatoms. The summed E-state index contributed by atoms with van der Waals surface area (Å²) in [5, 5.41) is 22.9. The second kappa shape index (κ2) is 5.75. The molecule has 0 aliphatic carbocycles. The van der Waals surface area contributed by atoms with Crippen LogP contribution in [-0.2, 0) is 0 Å². The maximum absolute atomic E-state index is 10.8. The standard InChI is InChI=1S/C12H18N2O3/c1-8-4-5-11(6-12(8)14(16)17)10(3)13-9(2)7-15/h4-6,9-10,13,15H,7H2,1-3H3/t9-,10?/m1/s1. The summed E-state index contributed by atoms with van der Waals surface area (Å²) in [6.07, 6.45) is 0. The molecule has 0 aliphatic rings. The molecular weight excluding hydrogens is 220 g/mol. The Morgan fingerprint density at radius 1 is 1.47 bits per heavy atom.